The number of piperazine rings is 1. The summed E-state index contributed by atoms with van der Waals surface area (Å²) in [5, 5.41) is 12.9. The smallest absolute Gasteiger partial charge is 0.276 e. The summed E-state index contributed by atoms with van der Waals surface area (Å²) in [5.74, 6) is 4.39. The Kier molecular flexibility index (Phi) is 3.25. The molecular weight excluding hydrogens is 256 g/mol. The summed E-state index contributed by atoms with van der Waals surface area (Å²) in [7, 11) is 0. The number of carbonyl (C=O) groups is 2. The SMILES string of the molecule is NNc1cc([N+](=O)[O-])cc(N2CC(=O)NC(=O)C2)n1. The van der Waals surface area contributed by atoms with Crippen molar-refractivity contribution in [2.75, 3.05) is 23.4 Å². The van der Waals surface area contributed by atoms with Gasteiger partial charge in [0.15, 0.2) is 0 Å². The molecule has 0 bridgehead atoms. The largest absolute Gasteiger partial charge is 0.338 e. The third-order valence-electron chi connectivity index (χ3n) is 2.43. The number of nitrogen functional groups attached to an aromatic ring is 1. The van der Waals surface area contributed by atoms with Gasteiger partial charge in [-0.1, -0.05) is 0 Å². The summed E-state index contributed by atoms with van der Waals surface area (Å²) in [6.45, 7) is -0.214. The van der Waals surface area contributed by atoms with E-state index < -0.39 is 16.7 Å². The van der Waals surface area contributed by atoms with Gasteiger partial charge in [-0.2, -0.15) is 0 Å². The fourth-order valence-electron chi connectivity index (χ4n) is 1.64. The van der Waals surface area contributed by atoms with Crippen LogP contribution >= 0.6 is 0 Å². The van der Waals surface area contributed by atoms with Crippen molar-refractivity contribution < 1.29 is 14.5 Å². The highest BCUT2D eigenvalue weighted by atomic mass is 16.6. The Morgan fingerprint density at radius 3 is 2.53 bits per heavy atom. The highest BCUT2D eigenvalue weighted by Gasteiger charge is 2.25. The molecule has 19 heavy (non-hydrogen) atoms. The standard InChI is InChI=1S/C9H10N6O4/c10-13-6-1-5(15(18)19)2-7(11-6)14-3-8(16)12-9(17)4-14/h1-2H,3-4,10H2,(H,11,13)(H,12,16,17). The zero-order valence-corrected chi connectivity index (χ0v) is 9.62. The first kappa shape index (κ1) is 12.7. The molecule has 1 saturated heterocycles. The molecule has 2 amide bonds. The molecule has 1 aliphatic rings. The van der Waals surface area contributed by atoms with Crippen LogP contribution in [0.5, 0.6) is 0 Å². The second kappa shape index (κ2) is 4.86. The van der Waals surface area contributed by atoms with Crippen LogP contribution < -0.4 is 21.5 Å². The number of anilines is 2. The normalized spacial score (nSPS) is 15.1. The fraction of sp³-hybridized carbons (Fsp3) is 0.222. The first-order chi connectivity index (χ1) is 8.99. The molecule has 0 saturated carbocycles. The summed E-state index contributed by atoms with van der Waals surface area (Å²) in [6.07, 6.45) is 0. The van der Waals surface area contributed by atoms with E-state index in [2.05, 4.69) is 15.7 Å². The van der Waals surface area contributed by atoms with Gasteiger partial charge in [0.25, 0.3) is 5.69 Å². The van der Waals surface area contributed by atoms with Crippen molar-refractivity contribution in [1.29, 1.82) is 0 Å². The molecule has 0 aliphatic carbocycles. The second-order valence-corrected chi connectivity index (χ2v) is 3.80. The van der Waals surface area contributed by atoms with Crippen molar-refractivity contribution >= 4 is 29.1 Å². The zero-order valence-electron chi connectivity index (χ0n) is 9.62. The topological polar surface area (TPSA) is 143 Å². The van der Waals surface area contributed by atoms with Crippen molar-refractivity contribution in [2.24, 2.45) is 5.84 Å². The quantitative estimate of drug-likeness (QED) is 0.266. The number of aromatic nitrogens is 1. The van der Waals surface area contributed by atoms with Gasteiger partial charge in [-0.25, -0.2) is 10.8 Å². The number of imide groups is 1. The minimum absolute atomic E-state index is 0.0719. The predicted molar refractivity (Wildman–Crippen MR) is 64.1 cm³/mol. The van der Waals surface area contributed by atoms with Crippen molar-refractivity contribution in [2.45, 2.75) is 0 Å². The highest BCUT2D eigenvalue weighted by molar-refractivity contribution is 6.02. The lowest BCUT2D eigenvalue weighted by atomic mass is 10.3. The van der Waals surface area contributed by atoms with Crippen LogP contribution in [0.15, 0.2) is 12.1 Å². The van der Waals surface area contributed by atoms with Crippen molar-refractivity contribution in [3.8, 4) is 0 Å². The molecule has 0 radical (unpaired) electrons. The first-order valence-electron chi connectivity index (χ1n) is 5.20. The number of nitrogens with one attached hydrogen (secondary N) is 2. The van der Waals surface area contributed by atoms with E-state index in [1.54, 1.807) is 0 Å². The lowest BCUT2D eigenvalue weighted by molar-refractivity contribution is -0.384. The molecule has 0 atom stereocenters. The molecule has 100 valence electrons. The van der Waals surface area contributed by atoms with Crippen molar-refractivity contribution in [3.05, 3.63) is 22.2 Å². The number of rotatable bonds is 3. The van der Waals surface area contributed by atoms with Gasteiger partial charge >= 0.3 is 0 Å². The minimum atomic E-state index is -0.613. The second-order valence-electron chi connectivity index (χ2n) is 3.80. The lowest BCUT2D eigenvalue weighted by Gasteiger charge is -2.26. The molecule has 0 unspecified atom stereocenters. The molecular formula is C9H10N6O4. The van der Waals surface area contributed by atoms with E-state index >= 15 is 0 Å². The van der Waals surface area contributed by atoms with Crippen LogP contribution in [0.25, 0.3) is 0 Å². The molecule has 0 spiro atoms. The maximum Gasteiger partial charge on any atom is 0.276 e. The Balaban J connectivity index is 2.37. The van der Waals surface area contributed by atoms with Crippen LogP contribution in [-0.2, 0) is 9.59 Å². The van der Waals surface area contributed by atoms with E-state index in [9.17, 15) is 19.7 Å². The maximum absolute atomic E-state index is 11.3. The van der Waals surface area contributed by atoms with E-state index in [0.717, 1.165) is 6.07 Å². The molecule has 1 aliphatic heterocycles. The number of nitrogens with zero attached hydrogens (tertiary/aromatic N) is 3. The highest BCUT2D eigenvalue weighted by Crippen LogP contribution is 2.23. The van der Waals surface area contributed by atoms with Gasteiger partial charge in [0.1, 0.15) is 11.6 Å². The number of pyridine rings is 1. The minimum Gasteiger partial charge on any atom is -0.338 e. The number of nitrogens with two attached hydrogens (primary N) is 1. The summed E-state index contributed by atoms with van der Waals surface area (Å²) >= 11 is 0. The first-order valence-corrected chi connectivity index (χ1v) is 5.20. The Bertz CT molecular complexity index is 544. The molecule has 1 aromatic heterocycles. The third kappa shape index (κ3) is 2.74. The van der Waals surface area contributed by atoms with Gasteiger partial charge in [0.2, 0.25) is 11.8 Å². The molecule has 1 aromatic rings. The van der Waals surface area contributed by atoms with Gasteiger partial charge in [0.05, 0.1) is 30.1 Å². The Labute approximate surface area is 106 Å². The van der Waals surface area contributed by atoms with Gasteiger partial charge in [-0.05, 0) is 0 Å². The number of nitro groups is 1. The van der Waals surface area contributed by atoms with E-state index in [0.29, 0.717) is 0 Å². The Morgan fingerprint density at radius 2 is 2.00 bits per heavy atom. The molecule has 1 fully saturated rings. The zero-order chi connectivity index (χ0) is 14.0. The molecule has 4 N–H and O–H groups in total. The van der Waals surface area contributed by atoms with E-state index in [1.165, 1.54) is 11.0 Å². The van der Waals surface area contributed by atoms with Crippen LogP contribution in [0.3, 0.4) is 0 Å². The lowest BCUT2D eigenvalue weighted by Crippen LogP contribution is -2.51. The van der Waals surface area contributed by atoms with Crippen LogP contribution in [0.2, 0.25) is 0 Å². The van der Waals surface area contributed by atoms with Gasteiger partial charge < -0.3 is 10.3 Å². The van der Waals surface area contributed by atoms with Crippen LogP contribution in [0, 0.1) is 10.1 Å². The van der Waals surface area contributed by atoms with Crippen molar-refractivity contribution in [3.63, 3.8) is 0 Å². The van der Waals surface area contributed by atoms with E-state index in [4.69, 9.17) is 5.84 Å². The van der Waals surface area contributed by atoms with Crippen molar-refractivity contribution in [1.82, 2.24) is 10.3 Å². The summed E-state index contributed by atoms with van der Waals surface area (Å²) in [6, 6.07) is 2.32. The number of hydrazine groups is 1. The number of hydrogen-bond donors (Lipinski definition) is 3. The van der Waals surface area contributed by atoms with E-state index in [-0.39, 0.29) is 30.4 Å². The number of hydrogen-bond acceptors (Lipinski definition) is 8. The van der Waals surface area contributed by atoms with Gasteiger partial charge in [-0.3, -0.25) is 25.0 Å². The summed E-state index contributed by atoms with van der Waals surface area (Å²) in [4.78, 5) is 38.0. The summed E-state index contributed by atoms with van der Waals surface area (Å²) < 4.78 is 0. The van der Waals surface area contributed by atoms with Crippen LogP contribution in [-0.4, -0.2) is 34.8 Å². The molecule has 0 aromatic carbocycles. The molecule has 2 heterocycles. The molecule has 10 nitrogen and oxygen atoms in total. The summed E-state index contributed by atoms with van der Waals surface area (Å²) in [5.41, 5.74) is 1.96. The fourth-order valence-corrected chi connectivity index (χ4v) is 1.64. The van der Waals surface area contributed by atoms with E-state index in [1.807, 2.05) is 0 Å². The Morgan fingerprint density at radius 1 is 1.37 bits per heavy atom. The van der Waals surface area contributed by atoms with Gasteiger partial charge in [0, 0.05) is 0 Å². The number of amides is 2. The average molecular weight is 266 g/mol. The van der Waals surface area contributed by atoms with Gasteiger partial charge in [-0.15, -0.1) is 0 Å². The Hall–Kier alpha value is -2.75. The maximum atomic E-state index is 11.3. The monoisotopic (exact) mass is 266 g/mol. The molecule has 2 rings (SSSR count). The molecule has 10 heteroatoms. The van der Waals surface area contributed by atoms with Crippen LogP contribution in [0.4, 0.5) is 17.3 Å². The predicted octanol–water partition coefficient (Wildman–Crippen LogP) is -1.26. The third-order valence-corrected chi connectivity index (χ3v) is 2.43. The average Bonchev–Trinajstić information content (AvgIpc) is 2.37. The van der Waals surface area contributed by atoms with Crippen LogP contribution in [0.1, 0.15) is 0 Å². The number of carbonyl (C=O) groups excluding carboxylic acids is 2.